The molecule has 176 valence electrons. The van der Waals surface area contributed by atoms with Crippen molar-refractivity contribution in [3.05, 3.63) is 71.2 Å². The minimum absolute atomic E-state index is 0.171. The molecule has 7 nitrogen and oxygen atoms in total. The first-order valence-electron chi connectivity index (χ1n) is 10.7. The highest BCUT2D eigenvalue weighted by Gasteiger charge is 2.44. The fraction of sp³-hybridized carbons (Fsp3) is 0.360. The van der Waals surface area contributed by atoms with Gasteiger partial charge in [0.15, 0.2) is 6.79 Å². The second kappa shape index (κ2) is 11.1. The number of carbonyl (C=O) groups excluding carboxylic acids is 2. The molecule has 2 amide bonds. The van der Waals surface area contributed by atoms with Crippen molar-refractivity contribution in [3.63, 3.8) is 0 Å². The van der Waals surface area contributed by atoms with Crippen LogP contribution in [0.2, 0.25) is 0 Å². The zero-order chi connectivity index (χ0) is 24.0. The average molecular weight is 457 g/mol. The van der Waals surface area contributed by atoms with Gasteiger partial charge in [0.1, 0.15) is 23.3 Å². The molecular formula is C25H29FN2O5. The van der Waals surface area contributed by atoms with E-state index in [0.29, 0.717) is 24.3 Å². The molecular weight excluding hydrogens is 427 g/mol. The first kappa shape index (κ1) is 24.4. The summed E-state index contributed by atoms with van der Waals surface area (Å²) >= 11 is 0. The number of hydrogen-bond donors (Lipinski definition) is 0. The monoisotopic (exact) mass is 456 g/mol. The highest BCUT2D eigenvalue weighted by atomic mass is 19.1. The van der Waals surface area contributed by atoms with Crippen LogP contribution in [-0.2, 0) is 25.7 Å². The van der Waals surface area contributed by atoms with Crippen molar-refractivity contribution in [1.29, 1.82) is 0 Å². The van der Waals surface area contributed by atoms with Crippen molar-refractivity contribution in [3.8, 4) is 5.75 Å². The molecule has 1 atom stereocenters. The Hall–Kier alpha value is -3.23. The van der Waals surface area contributed by atoms with E-state index in [-0.39, 0.29) is 18.4 Å². The molecule has 0 spiro atoms. The number of nitrogens with zero attached hydrogens (tertiary/aromatic N) is 2. The lowest BCUT2D eigenvalue weighted by atomic mass is 9.97. The Morgan fingerprint density at radius 3 is 2.42 bits per heavy atom. The van der Waals surface area contributed by atoms with Crippen LogP contribution < -0.4 is 4.74 Å². The first-order chi connectivity index (χ1) is 15.8. The molecule has 0 aromatic heterocycles. The number of amides is 2. The van der Waals surface area contributed by atoms with E-state index in [2.05, 4.69) is 0 Å². The predicted octanol–water partition coefficient (Wildman–Crippen LogP) is 4.00. The molecule has 1 saturated heterocycles. The number of hydrogen-bond acceptors (Lipinski definition) is 6. The average Bonchev–Trinajstić information content (AvgIpc) is 2.79. The van der Waals surface area contributed by atoms with E-state index in [1.54, 1.807) is 30.2 Å². The Bertz CT molecular complexity index is 1010. The Kier molecular flexibility index (Phi) is 8.19. The van der Waals surface area contributed by atoms with Crippen LogP contribution in [0.15, 0.2) is 54.2 Å². The Labute approximate surface area is 193 Å². The summed E-state index contributed by atoms with van der Waals surface area (Å²) in [5, 5.41) is 0.756. The van der Waals surface area contributed by atoms with Gasteiger partial charge in [0, 0.05) is 13.7 Å². The number of piperazine rings is 1. The maximum atomic E-state index is 13.8. The molecule has 1 fully saturated rings. The van der Waals surface area contributed by atoms with E-state index in [1.165, 1.54) is 19.2 Å². The first-order valence-corrected chi connectivity index (χ1v) is 10.7. The molecule has 1 heterocycles. The Morgan fingerprint density at radius 2 is 1.82 bits per heavy atom. The number of halogens is 1. The van der Waals surface area contributed by atoms with Gasteiger partial charge in [0.25, 0.3) is 5.91 Å². The van der Waals surface area contributed by atoms with Crippen molar-refractivity contribution in [2.45, 2.75) is 32.9 Å². The van der Waals surface area contributed by atoms with Crippen molar-refractivity contribution < 1.29 is 28.3 Å². The third-order valence-electron chi connectivity index (χ3n) is 5.23. The van der Waals surface area contributed by atoms with Gasteiger partial charge in [-0.1, -0.05) is 38.1 Å². The van der Waals surface area contributed by atoms with Crippen molar-refractivity contribution in [1.82, 2.24) is 9.96 Å². The van der Waals surface area contributed by atoms with Gasteiger partial charge in [0.05, 0.1) is 7.11 Å². The molecule has 2 aromatic rings. The molecule has 1 aliphatic heterocycles. The summed E-state index contributed by atoms with van der Waals surface area (Å²) in [5.74, 6) is -0.634. The molecule has 0 saturated carbocycles. The number of benzene rings is 2. The zero-order valence-corrected chi connectivity index (χ0v) is 19.3. The largest absolute Gasteiger partial charge is 0.497 e. The highest BCUT2D eigenvalue weighted by Crippen LogP contribution is 2.30. The number of carbonyl (C=O) groups is 2. The summed E-state index contributed by atoms with van der Waals surface area (Å²) in [6, 6.07) is 12.7. The third kappa shape index (κ3) is 5.97. The minimum atomic E-state index is -0.651. The topological polar surface area (TPSA) is 68.3 Å². The van der Waals surface area contributed by atoms with E-state index in [9.17, 15) is 14.0 Å². The summed E-state index contributed by atoms with van der Waals surface area (Å²) in [6.07, 6.45) is 2.08. The van der Waals surface area contributed by atoms with E-state index in [4.69, 9.17) is 14.3 Å². The van der Waals surface area contributed by atoms with E-state index < -0.39 is 23.7 Å². The normalized spacial score (nSPS) is 17.9. The van der Waals surface area contributed by atoms with Crippen molar-refractivity contribution >= 4 is 17.9 Å². The summed E-state index contributed by atoms with van der Waals surface area (Å²) in [5.41, 5.74) is 1.63. The third-order valence-corrected chi connectivity index (χ3v) is 5.23. The second-order valence-electron chi connectivity index (χ2n) is 8.18. The van der Waals surface area contributed by atoms with Crippen LogP contribution in [0.4, 0.5) is 4.39 Å². The van der Waals surface area contributed by atoms with Crippen LogP contribution in [0.1, 0.15) is 31.4 Å². The van der Waals surface area contributed by atoms with E-state index in [1.807, 2.05) is 38.1 Å². The molecule has 0 radical (unpaired) electrons. The Morgan fingerprint density at radius 1 is 1.09 bits per heavy atom. The van der Waals surface area contributed by atoms with Crippen molar-refractivity contribution in [2.75, 3.05) is 21.0 Å². The molecule has 33 heavy (non-hydrogen) atoms. The van der Waals surface area contributed by atoms with Crippen molar-refractivity contribution in [2.24, 2.45) is 5.92 Å². The lowest BCUT2D eigenvalue weighted by Crippen LogP contribution is -2.58. The predicted molar refractivity (Wildman–Crippen MR) is 121 cm³/mol. The SMILES string of the molecule is COCON1C(=O)/C(=C/c2cccc(F)c2)N(Cc2ccc(OC)cc2)[C@@H](CC(C)C)C1=O. The molecule has 8 heteroatoms. The molecule has 0 unspecified atom stereocenters. The molecule has 0 aliphatic carbocycles. The Balaban J connectivity index is 2.07. The summed E-state index contributed by atoms with van der Waals surface area (Å²) in [6.45, 7) is 4.06. The van der Waals surface area contributed by atoms with E-state index >= 15 is 0 Å². The van der Waals surface area contributed by atoms with Gasteiger partial charge in [-0.3, -0.25) is 9.59 Å². The van der Waals surface area contributed by atoms with Gasteiger partial charge >= 0.3 is 5.91 Å². The number of ether oxygens (including phenoxy) is 2. The van der Waals surface area contributed by atoms with Gasteiger partial charge in [-0.15, -0.1) is 5.06 Å². The molecule has 2 aromatic carbocycles. The quantitative estimate of drug-likeness (QED) is 0.323. The number of hydroxylamine groups is 2. The number of rotatable bonds is 9. The fourth-order valence-corrected chi connectivity index (χ4v) is 3.69. The van der Waals surface area contributed by atoms with Gasteiger partial charge < -0.3 is 14.4 Å². The number of methoxy groups -OCH3 is 2. The van der Waals surface area contributed by atoms with Crippen LogP contribution in [0.3, 0.4) is 0 Å². The van der Waals surface area contributed by atoms with Gasteiger partial charge in [0.2, 0.25) is 0 Å². The van der Waals surface area contributed by atoms with Crippen LogP contribution in [0, 0.1) is 11.7 Å². The standard InChI is InChI=1S/C25H29FN2O5/c1-17(2)12-22-24(29)28(33-16-31-3)25(30)23(14-19-6-5-7-20(26)13-19)27(22)15-18-8-10-21(32-4)11-9-18/h5-11,13-14,17,22H,12,15-16H2,1-4H3/b23-14-/t22-/m0/s1. The van der Waals surface area contributed by atoms with Crippen LogP contribution in [-0.4, -0.2) is 48.8 Å². The summed E-state index contributed by atoms with van der Waals surface area (Å²) in [4.78, 5) is 33.8. The molecule has 0 bridgehead atoms. The van der Waals surface area contributed by atoms with E-state index in [0.717, 1.165) is 10.6 Å². The van der Waals surface area contributed by atoms with Gasteiger partial charge in [-0.25, -0.2) is 9.23 Å². The van der Waals surface area contributed by atoms with Crippen LogP contribution in [0.25, 0.3) is 6.08 Å². The maximum Gasteiger partial charge on any atom is 0.301 e. The minimum Gasteiger partial charge on any atom is -0.497 e. The molecule has 3 rings (SSSR count). The lowest BCUT2D eigenvalue weighted by molar-refractivity contribution is -0.226. The molecule has 1 aliphatic rings. The molecule has 0 N–H and O–H groups in total. The van der Waals surface area contributed by atoms with Crippen LogP contribution >= 0.6 is 0 Å². The highest BCUT2D eigenvalue weighted by molar-refractivity contribution is 6.09. The summed E-state index contributed by atoms with van der Waals surface area (Å²) in [7, 11) is 2.99. The fourth-order valence-electron chi connectivity index (χ4n) is 3.69. The lowest BCUT2D eigenvalue weighted by Gasteiger charge is -2.41. The van der Waals surface area contributed by atoms with Gasteiger partial charge in [-0.05, 0) is 53.8 Å². The van der Waals surface area contributed by atoms with Crippen LogP contribution in [0.5, 0.6) is 5.75 Å². The summed E-state index contributed by atoms with van der Waals surface area (Å²) < 4.78 is 24.0. The smallest absolute Gasteiger partial charge is 0.301 e. The van der Waals surface area contributed by atoms with Gasteiger partial charge in [-0.2, -0.15) is 0 Å². The second-order valence-corrected chi connectivity index (χ2v) is 8.18. The maximum absolute atomic E-state index is 13.8. The zero-order valence-electron chi connectivity index (χ0n) is 19.3. The number of imide groups is 1.